The van der Waals surface area contributed by atoms with Gasteiger partial charge in [0.2, 0.25) is 11.8 Å². The number of hydrogen-bond acceptors (Lipinski definition) is 3. The number of hydrogen-bond donors (Lipinski definition) is 3. The van der Waals surface area contributed by atoms with Gasteiger partial charge in [-0.05, 0) is 32.8 Å². The first-order valence-electron chi connectivity index (χ1n) is 7.41. The van der Waals surface area contributed by atoms with Crippen LogP contribution in [0, 0.1) is 0 Å². The number of carboxylic acids is 1. The maximum Gasteiger partial charge on any atom is 0.322 e. The van der Waals surface area contributed by atoms with Crippen LogP contribution in [0.2, 0.25) is 0 Å². The van der Waals surface area contributed by atoms with Crippen molar-refractivity contribution in [2.45, 2.75) is 46.1 Å². The molecule has 0 fully saturated rings. The summed E-state index contributed by atoms with van der Waals surface area (Å²) in [5.74, 6) is -1.23. The molecule has 2 amide bonds. The predicted octanol–water partition coefficient (Wildman–Crippen LogP) is 1.74. The molecule has 0 aromatic heterocycles. The molecule has 0 aliphatic carbocycles. The van der Waals surface area contributed by atoms with Gasteiger partial charge in [-0.25, -0.2) is 0 Å². The van der Waals surface area contributed by atoms with Gasteiger partial charge in [0.25, 0.3) is 0 Å². The van der Waals surface area contributed by atoms with Crippen LogP contribution in [0.5, 0.6) is 0 Å². The molecule has 0 radical (unpaired) electrons. The van der Waals surface area contributed by atoms with Crippen molar-refractivity contribution < 1.29 is 19.5 Å². The fourth-order valence-electron chi connectivity index (χ4n) is 1.69. The molecule has 0 aliphatic heterocycles. The minimum Gasteiger partial charge on any atom is -0.480 e. The minimum absolute atomic E-state index is 0.0255. The smallest absolute Gasteiger partial charge is 0.322 e. The van der Waals surface area contributed by atoms with Crippen LogP contribution in [0.4, 0.5) is 0 Å². The van der Waals surface area contributed by atoms with Crippen LogP contribution in [-0.2, 0) is 20.8 Å². The molecule has 3 N–H and O–H groups in total. The summed E-state index contributed by atoms with van der Waals surface area (Å²) < 4.78 is 0. The zero-order valence-electron chi connectivity index (χ0n) is 14.2. The standard InChI is InChI=1S/C11H13NO3.C6H13NO/c13-10(12-8-11(14)15)7-6-9-4-2-1-3-5-9;1-5(8)7-6(2,3)4/h1-5H,6-8H2,(H,12,13)(H,14,15);1-4H3,(H,7,8). The van der Waals surface area contributed by atoms with Gasteiger partial charge in [-0.2, -0.15) is 0 Å². The number of aliphatic carboxylic acids is 1. The number of nitrogens with one attached hydrogen (secondary N) is 2. The van der Waals surface area contributed by atoms with E-state index in [-0.39, 0.29) is 23.9 Å². The summed E-state index contributed by atoms with van der Waals surface area (Å²) in [6.07, 6.45) is 0.948. The highest BCUT2D eigenvalue weighted by Gasteiger charge is 2.08. The van der Waals surface area contributed by atoms with Crippen molar-refractivity contribution in [3.05, 3.63) is 35.9 Å². The maximum atomic E-state index is 11.1. The number of carboxylic acid groups (broad SMARTS) is 1. The normalized spacial score (nSPS) is 10.1. The highest BCUT2D eigenvalue weighted by molar-refractivity contribution is 5.81. The fraction of sp³-hybridized carbons (Fsp3) is 0.471. The first-order chi connectivity index (χ1) is 10.6. The second-order valence-electron chi connectivity index (χ2n) is 6.09. The van der Waals surface area contributed by atoms with Crippen LogP contribution in [0.3, 0.4) is 0 Å². The lowest BCUT2D eigenvalue weighted by Crippen LogP contribution is -2.38. The van der Waals surface area contributed by atoms with Crippen molar-refractivity contribution >= 4 is 17.8 Å². The molecule has 23 heavy (non-hydrogen) atoms. The fourth-order valence-corrected chi connectivity index (χ4v) is 1.69. The van der Waals surface area contributed by atoms with Crippen LogP contribution in [0.15, 0.2) is 30.3 Å². The maximum absolute atomic E-state index is 11.1. The Kier molecular flexibility index (Phi) is 9.30. The van der Waals surface area contributed by atoms with E-state index >= 15 is 0 Å². The Bertz CT molecular complexity index is 507. The average molecular weight is 322 g/mol. The van der Waals surface area contributed by atoms with Gasteiger partial charge in [0.15, 0.2) is 0 Å². The van der Waals surface area contributed by atoms with Crippen molar-refractivity contribution in [2.24, 2.45) is 0 Å². The topological polar surface area (TPSA) is 95.5 Å². The number of carbonyl (C=O) groups excluding carboxylic acids is 2. The van der Waals surface area contributed by atoms with Crippen LogP contribution in [0.1, 0.15) is 39.7 Å². The summed E-state index contributed by atoms with van der Waals surface area (Å²) in [5.41, 5.74) is 0.995. The Morgan fingerprint density at radius 1 is 1.09 bits per heavy atom. The number of benzene rings is 1. The molecule has 0 saturated heterocycles. The number of aryl methyl sites for hydroxylation is 1. The van der Waals surface area contributed by atoms with E-state index in [9.17, 15) is 14.4 Å². The zero-order valence-corrected chi connectivity index (χ0v) is 14.2. The van der Waals surface area contributed by atoms with Crippen LogP contribution >= 0.6 is 0 Å². The third-order valence-electron chi connectivity index (χ3n) is 2.47. The van der Waals surface area contributed by atoms with E-state index in [4.69, 9.17) is 5.11 Å². The largest absolute Gasteiger partial charge is 0.480 e. The van der Waals surface area contributed by atoms with Gasteiger partial charge in [0.1, 0.15) is 6.54 Å². The monoisotopic (exact) mass is 322 g/mol. The van der Waals surface area contributed by atoms with Crippen LogP contribution < -0.4 is 10.6 Å². The summed E-state index contributed by atoms with van der Waals surface area (Å²) in [5, 5.41) is 13.4. The SMILES string of the molecule is CC(=O)NC(C)(C)C.O=C(O)CNC(=O)CCc1ccccc1. The molecule has 0 aliphatic rings. The van der Waals surface area contributed by atoms with Crippen molar-refractivity contribution in [2.75, 3.05) is 6.54 Å². The zero-order chi connectivity index (χ0) is 17.9. The quantitative estimate of drug-likeness (QED) is 0.769. The van der Waals surface area contributed by atoms with E-state index in [0.717, 1.165) is 5.56 Å². The van der Waals surface area contributed by atoms with Crippen LogP contribution in [-0.4, -0.2) is 35.0 Å². The molecule has 1 aromatic rings. The highest BCUT2D eigenvalue weighted by Crippen LogP contribution is 2.01. The van der Waals surface area contributed by atoms with Gasteiger partial charge in [-0.1, -0.05) is 30.3 Å². The minimum atomic E-state index is -1.02. The molecular weight excluding hydrogens is 296 g/mol. The molecule has 0 atom stereocenters. The predicted molar refractivity (Wildman–Crippen MR) is 89.0 cm³/mol. The summed E-state index contributed by atoms with van der Waals surface area (Å²) in [4.78, 5) is 31.7. The van der Waals surface area contributed by atoms with Crippen molar-refractivity contribution in [1.29, 1.82) is 0 Å². The third kappa shape index (κ3) is 14.3. The Morgan fingerprint density at radius 3 is 2.04 bits per heavy atom. The summed E-state index contributed by atoms with van der Waals surface area (Å²) in [7, 11) is 0. The van der Waals surface area contributed by atoms with Gasteiger partial charge in [0, 0.05) is 18.9 Å². The molecule has 0 spiro atoms. The van der Waals surface area contributed by atoms with E-state index in [1.165, 1.54) is 6.92 Å². The molecule has 0 heterocycles. The lowest BCUT2D eigenvalue weighted by atomic mass is 10.1. The molecule has 6 heteroatoms. The van der Waals surface area contributed by atoms with Crippen LogP contribution in [0.25, 0.3) is 0 Å². The van der Waals surface area contributed by atoms with Gasteiger partial charge in [-0.15, -0.1) is 0 Å². The van der Waals surface area contributed by atoms with Gasteiger partial charge < -0.3 is 15.7 Å². The lowest BCUT2D eigenvalue weighted by Gasteiger charge is -2.18. The van der Waals surface area contributed by atoms with Gasteiger partial charge in [0.05, 0.1) is 0 Å². The van der Waals surface area contributed by atoms with Crippen molar-refractivity contribution in [1.82, 2.24) is 10.6 Å². The van der Waals surface area contributed by atoms with E-state index < -0.39 is 5.97 Å². The summed E-state index contributed by atoms with van der Waals surface area (Å²) in [6, 6.07) is 9.60. The Morgan fingerprint density at radius 2 is 1.65 bits per heavy atom. The average Bonchev–Trinajstić information content (AvgIpc) is 2.42. The third-order valence-corrected chi connectivity index (χ3v) is 2.47. The van der Waals surface area contributed by atoms with E-state index in [1.807, 2.05) is 51.1 Å². The van der Waals surface area contributed by atoms with E-state index in [2.05, 4.69) is 10.6 Å². The molecule has 0 bridgehead atoms. The van der Waals surface area contributed by atoms with Crippen molar-refractivity contribution in [3.8, 4) is 0 Å². The van der Waals surface area contributed by atoms with E-state index in [0.29, 0.717) is 12.8 Å². The van der Waals surface area contributed by atoms with Gasteiger partial charge in [-0.3, -0.25) is 14.4 Å². The number of amides is 2. The first-order valence-corrected chi connectivity index (χ1v) is 7.41. The first kappa shape index (κ1) is 20.6. The summed E-state index contributed by atoms with van der Waals surface area (Å²) >= 11 is 0. The van der Waals surface area contributed by atoms with E-state index in [1.54, 1.807) is 0 Å². The second kappa shape index (κ2) is 10.4. The molecule has 128 valence electrons. The van der Waals surface area contributed by atoms with Crippen molar-refractivity contribution in [3.63, 3.8) is 0 Å². The number of carbonyl (C=O) groups is 3. The molecule has 1 rings (SSSR count). The lowest BCUT2D eigenvalue weighted by molar-refractivity contribution is -0.137. The molecule has 6 nitrogen and oxygen atoms in total. The Hall–Kier alpha value is -2.37. The Balaban J connectivity index is 0.000000515. The highest BCUT2D eigenvalue weighted by atomic mass is 16.4. The van der Waals surface area contributed by atoms with Gasteiger partial charge >= 0.3 is 5.97 Å². The summed E-state index contributed by atoms with van der Waals surface area (Å²) in [6.45, 7) is 7.07. The molecule has 1 aromatic carbocycles. The number of rotatable bonds is 5. The molecular formula is C17H26N2O4. The second-order valence-corrected chi connectivity index (χ2v) is 6.09. The molecule has 0 saturated carbocycles. The molecule has 0 unspecified atom stereocenters. The Labute approximate surface area is 137 Å².